The Hall–Kier alpha value is -1.75. The summed E-state index contributed by atoms with van der Waals surface area (Å²) in [5.74, 6) is 1.69. The average Bonchev–Trinajstić information content (AvgIpc) is 2.58. The molecule has 88 valence electrons. The molecule has 0 fully saturated rings. The molecule has 4 nitrogen and oxygen atoms in total. The second-order valence-electron chi connectivity index (χ2n) is 3.93. The van der Waals surface area contributed by atoms with Gasteiger partial charge >= 0.3 is 0 Å². The highest BCUT2D eigenvalue weighted by molar-refractivity contribution is 7.80. The number of thiocarbonyl (C=S) groups is 1. The molecule has 2 aromatic rings. The van der Waals surface area contributed by atoms with Crippen molar-refractivity contribution in [3.63, 3.8) is 0 Å². The predicted octanol–water partition coefficient (Wildman–Crippen LogP) is 1.58. The molecule has 0 atom stereocenters. The highest BCUT2D eigenvalue weighted by Crippen LogP contribution is 2.08. The molecule has 1 aromatic carbocycles. The van der Waals surface area contributed by atoms with E-state index in [0.717, 1.165) is 22.8 Å². The molecule has 0 aliphatic carbocycles. The van der Waals surface area contributed by atoms with E-state index in [1.165, 1.54) is 0 Å². The van der Waals surface area contributed by atoms with E-state index in [2.05, 4.69) is 10.1 Å². The van der Waals surface area contributed by atoms with Gasteiger partial charge in [0, 0.05) is 5.56 Å². The van der Waals surface area contributed by atoms with Gasteiger partial charge in [0.25, 0.3) is 0 Å². The second kappa shape index (κ2) is 4.63. The van der Waals surface area contributed by atoms with Gasteiger partial charge in [-0.15, -0.1) is 0 Å². The lowest BCUT2D eigenvalue weighted by molar-refractivity contribution is 0.656. The molecule has 2 N–H and O–H groups in total. The molecule has 5 heteroatoms. The van der Waals surface area contributed by atoms with Crippen molar-refractivity contribution in [3.05, 3.63) is 47.0 Å². The lowest BCUT2D eigenvalue weighted by Crippen LogP contribution is -2.10. The molecule has 0 spiro atoms. The van der Waals surface area contributed by atoms with Gasteiger partial charge in [-0.1, -0.05) is 30.4 Å². The number of benzene rings is 1. The van der Waals surface area contributed by atoms with Gasteiger partial charge in [-0.05, 0) is 25.5 Å². The van der Waals surface area contributed by atoms with E-state index in [9.17, 15) is 0 Å². The second-order valence-corrected chi connectivity index (χ2v) is 4.37. The largest absolute Gasteiger partial charge is 0.389 e. The van der Waals surface area contributed by atoms with Crippen LogP contribution in [-0.4, -0.2) is 19.8 Å². The summed E-state index contributed by atoms with van der Waals surface area (Å²) in [6.45, 7) is 4.51. The van der Waals surface area contributed by atoms with Crippen molar-refractivity contribution in [1.82, 2.24) is 14.8 Å². The van der Waals surface area contributed by atoms with Crippen LogP contribution in [0.3, 0.4) is 0 Å². The van der Waals surface area contributed by atoms with Crippen LogP contribution in [0.15, 0.2) is 24.3 Å². The Kier molecular flexibility index (Phi) is 3.19. The van der Waals surface area contributed by atoms with E-state index in [0.29, 0.717) is 11.5 Å². The minimum atomic E-state index is 0.415. The molecule has 1 aromatic heterocycles. The summed E-state index contributed by atoms with van der Waals surface area (Å²) in [4.78, 5) is 4.68. The van der Waals surface area contributed by atoms with Crippen LogP contribution in [0.1, 0.15) is 22.8 Å². The van der Waals surface area contributed by atoms with Gasteiger partial charge in [0.15, 0.2) is 0 Å². The number of nitrogens with two attached hydrogens (primary N) is 1. The molecule has 2 rings (SSSR count). The fraction of sp³-hybridized carbons (Fsp3) is 0.250. The SMILES string of the molecule is Cc1nc(C)n(Cc2cccc(C(N)=S)c2)n1. The van der Waals surface area contributed by atoms with Gasteiger partial charge in [0.1, 0.15) is 16.6 Å². The highest BCUT2D eigenvalue weighted by Gasteiger charge is 2.04. The average molecular weight is 246 g/mol. The minimum Gasteiger partial charge on any atom is -0.389 e. The van der Waals surface area contributed by atoms with Crippen LogP contribution < -0.4 is 5.73 Å². The first-order valence-corrected chi connectivity index (χ1v) is 5.74. The summed E-state index contributed by atoms with van der Waals surface area (Å²) in [6, 6.07) is 7.87. The minimum absolute atomic E-state index is 0.415. The molecule has 0 aliphatic rings. The molecule has 1 heterocycles. The van der Waals surface area contributed by atoms with Gasteiger partial charge in [-0.25, -0.2) is 9.67 Å². The number of aromatic nitrogens is 3. The van der Waals surface area contributed by atoms with Gasteiger partial charge in [-0.3, -0.25) is 0 Å². The molecular formula is C12H14N4S. The Bertz CT molecular complexity index is 559. The third-order valence-corrected chi connectivity index (χ3v) is 2.74. The summed E-state index contributed by atoms with van der Waals surface area (Å²) < 4.78 is 1.87. The van der Waals surface area contributed by atoms with E-state index in [1.54, 1.807) is 0 Å². The zero-order valence-electron chi connectivity index (χ0n) is 9.84. The number of nitrogens with zero attached hydrogens (tertiary/aromatic N) is 3. The summed E-state index contributed by atoms with van der Waals surface area (Å²) in [5, 5.41) is 4.32. The third-order valence-electron chi connectivity index (χ3n) is 2.51. The summed E-state index contributed by atoms with van der Waals surface area (Å²) >= 11 is 4.96. The first-order valence-electron chi connectivity index (χ1n) is 5.33. The third kappa shape index (κ3) is 2.68. The smallest absolute Gasteiger partial charge is 0.147 e. The molecule has 0 bridgehead atoms. The first-order chi connectivity index (χ1) is 8.06. The quantitative estimate of drug-likeness (QED) is 0.835. The lowest BCUT2D eigenvalue weighted by atomic mass is 10.1. The van der Waals surface area contributed by atoms with Crippen molar-refractivity contribution in [2.24, 2.45) is 5.73 Å². The molecular weight excluding hydrogens is 232 g/mol. The monoisotopic (exact) mass is 246 g/mol. The predicted molar refractivity (Wildman–Crippen MR) is 70.9 cm³/mol. The molecule has 0 saturated heterocycles. The Labute approximate surface area is 105 Å². The standard InChI is InChI=1S/C12H14N4S/c1-8-14-9(2)16(15-8)7-10-4-3-5-11(6-10)12(13)17/h3-6H,7H2,1-2H3,(H2,13,17). The van der Waals surface area contributed by atoms with Crippen LogP contribution in [0.25, 0.3) is 0 Å². The van der Waals surface area contributed by atoms with Crippen molar-refractivity contribution in [1.29, 1.82) is 0 Å². The van der Waals surface area contributed by atoms with Gasteiger partial charge in [0.05, 0.1) is 6.54 Å². The van der Waals surface area contributed by atoms with E-state index in [1.807, 2.05) is 42.8 Å². The van der Waals surface area contributed by atoms with Crippen LogP contribution >= 0.6 is 12.2 Å². The van der Waals surface area contributed by atoms with Crippen LogP contribution in [0.2, 0.25) is 0 Å². The van der Waals surface area contributed by atoms with Crippen LogP contribution in [-0.2, 0) is 6.54 Å². The number of rotatable bonds is 3. The number of aryl methyl sites for hydroxylation is 2. The van der Waals surface area contributed by atoms with E-state index in [4.69, 9.17) is 18.0 Å². The number of hydrogen-bond acceptors (Lipinski definition) is 3. The Morgan fingerprint density at radius 3 is 2.76 bits per heavy atom. The van der Waals surface area contributed by atoms with E-state index in [-0.39, 0.29) is 0 Å². The maximum Gasteiger partial charge on any atom is 0.147 e. The highest BCUT2D eigenvalue weighted by atomic mass is 32.1. The molecule has 0 aliphatic heterocycles. The Balaban J connectivity index is 2.27. The lowest BCUT2D eigenvalue weighted by Gasteiger charge is -2.05. The van der Waals surface area contributed by atoms with Gasteiger partial charge in [-0.2, -0.15) is 5.10 Å². The normalized spacial score (nSPS) is 10.5. The fourth-order valence-electron chi connectivity index (χ4n) is 1.71. The Morgan fingerprint density at radius 1 is 1.41 bits per heavy atom. The van der Waals surface area contributed by atoms with Crippen molar-refractivity contribution in [3.8, 4) is 0 Å². The number of hydrogen-bond donors (Lipinski definition) is 1. The van der Waals surface area contributed by atoms with Crippen molar-refractivity contribution in [2.75, 3.05) is 0 Å². The topological polar surface area (TPSA) is 56.7 Å². The zero-order valence-corrected chi connectivity index (χ0v) is 10.7. The summed E-state index contributed by atoms with van der Waals surface area (Å²) in [6.07, 6.45) is 0. The van der Waals surface area contributed by atoms with Gasteiger partial charge in [0.2, 0.25) is 0 Å². The van der Waals surface area contributed by atoms with E-state index < -0.39 is 0 Å². The van der Waals surface area contributed by atoms with Crippen molar-refractivity contribution < 1.29 is 0 Å². The molecule has 0 saturated carbocycles. The maximum atomic E-state index is 5.61. The molecule has 0 amide bonds. The first kappa shape index (κ1) is 11.7. The van der Waals surface area contributed by atoms with Crippen LogP contribution in [0.5, 0.6) is 0 Å². The summed E-state index contributed by atoms with van der Waals surface area (Å²) in [5.41, 5.74) is 7.60. The fourth-order valence-corrected chi connectivity index (χ4v) is 1.83. The van der Waals surface area contributed by atoms with Crippen LogP contribution in [0, 0.1) is 13.8 Å². The molecule has 0 radical (unpaired) electrons. The van der Waals surface area contributed by atoms with Crippen LogP contribution in [0.4, 0.5) is 0 Å². The Morgan fingerprint density at radius 2 is 2.18 bits per heavy atom. The molecule has 17 heavy (non-hydrogen) atoms. The van der Waals surface area contributed by atoms with Crippen molar-refractivity contribution in [2.45, 2.75) is 20.4 Å². The van der Waals surface area contributed by atoms with Crippen molar-refractivity contribution >= 4 is 17.2 Å². The summed E-state index contributed by atoms with van der Waals surface area (Å²) in [7, 11) is 0. The van der Waals surface area contributed by atoms with Gasteiger partial charge < -0.3 is 5.73 Å². The molecule has 0 unspecified atom stereocenters. The van der Waals surface area contributed by atoms with E-state index >= 15 is 0 Å². The zero-order chi connectivity index (χ0) is 12.4. The maximum absolute atomic E-state index is 5.61.